The first-order chi connectivity index (χ1) is 28.9. The Morgan fingerprint density at radius 1 is 0.639 bits per heavy atom. The monoisotopic (exact) mass is 870 g/mol. The first-order valence-electron chi connectivity index (χ1n) is 19.9. The molecule has 0 aromatic carbocycles. The molecular weight excluding hydrogens is 820 g/mol. The van der Waals surface area contributed by atoms with Gasteiger partial charge < -0.3 is 21.7 Å². The molecule has 5 N–H and O–H groups in total. The van der Waals surface area contributed by atoms with Gasteiger partial charge in [-0.1, -0.05) is 11.6 Å². The van der Waals surface area contributed by atoms with Crippen molar-refractivity contribution in [3.8, 4) is 11.9 Å². The number of nitrogens with zero attached hydrogens (tertiary/aromatic N) is 14. The number of hydrogen-bond acceptors (Lipinski definition) is 14. The normalized spacial score (nSPS) is 16.3. The Morgan fingerprint density at radius 3 is 1.49 bits per heavy atom. The third-order valence-corrected chi connectivity index (χ3v) is 10.1. The van der Waals surface area contributed by atoms with Crippen LogP contribution >= 0.6 is 11.6 Å². The quantitative estimate of drug-likeness (QED) is 0.0892. The lowest BCUT2D eigenvalue weighted by molar-refractivity contribution is -0.0366. The van der Waals surface area contributed by atoms with Crippen LogP contribution in [0.5, 0.6) is 0 Å². The van der Waals surface area contributed by atoms with Gasteiger partial charge in [0.05, 0.1) is 36.0 Å². The molecule has 0 amide bonds. The molecule has 23 heteroatoms. The second-order valence-electron chi connectivity index (χ2n) is 15.2. The van der Waals surface area contributed by atoms with Gasteiger partial charge in [0.2, 0.25) is 11.8 Å². The highest BCUT2D eigenvalue weighted by molar-refractivity contribution is 6.29. The van der Waals surface area contributed by atoms with Gasteiger partial charge in [-0.2, -0.15) is 60.1 Å². The van der Waals surface area contributed by atoms with E-state index in [1.165, 1.54) is 9.59 Å². The number of alkyl halides is 4. The predicted octanol–water partition coefficient (Wildman–Crippen LogP) is 6.21. The van der Waals surface area contributed by atoms with Crippen LogP contribution < -0.4 is 21.7 Å². The van der Waals surface area contributed by atoms with E-state index in [4.69, 9.17) is 17.3 Å². The maximum Gasteiger partial charge on any atom is 0.254 e. The minimum absolute atomic E-state index is 0.0334. The second-order valence-corrected chi connectivity index (χ2v) is 15.6. The van der Waals surface area contributed by atoms with Crippen LogP contribution in [0.1, 0.15) is 85.5 Å². The van der Waals surface area contributed by atoms with Crippen LogP contribution in [0.4, 0.5) is 35.0 Å². The van der Waals surface area contributed by atoms with Crippen LogP contribution in [-0.4, -0.2) is 93.4 Å². The molecule has 0 unspecified atom stereocenters. The van der Waals surface area contributed by atoms with Gasteiger partial charge >= 0.3 is 0 Å². The first kappa shape index (κ1) is 44.8. The summed E-state index contributed by atoms with van der Waals surface area (Å²) in [5.41, 5.74) is 10.4. The molecule has 328 valence electrons. The summed E-state index contributed by atoms with van der Waals surface area (Å²) < 4.78 is 56.7. The summed E-state index contributed by atoms with van der Waals surface area (Å²) >= 11 is 6.07. The van der Waals surface area contributed by atoms with Crippen molar-refractivity contribution in [1.29, 1.82) is 0 Å². The molecule has 0 spiro atoms. The summed E-state index contributed by atoms with van der Waals surface area (Å²) in [5, 5.41) is 34.8. The predicted molar refractivity (Wildman–Crippen MR) is 221 cm³/mol. The van der Waals surface area contributed by atoms with Gasteiger partial charge in [-0.25, -0.2) is 26.9 Å². The Kier molecular flexibility index (Phi) is 14.2. The Morgan fingerprint density at radius 2 is 1.08 bits per heavy atom. The van der Waals surface area contributed by atoms with E-state index in [0.717, 1.165) is 34.2 Å². The SMILES string of the molecule is Cc1cc(C)n(-c2nc(Cl)cc(NC3CCC(F)(F)CC3)n2)n1.Cc1cc(C)n(-c2nc(NCc3cnn(C)n3)cc(NC3CCC(F)(F)CC3)n2)n1.Cn1ncc(CN)n1. The zero-order chi connectivity index (χ0) is 43.9. The van der Waals surface area contributed by atoms with Gasteiger partial charge in [0.15, 0.2) is 0 Å². The molecule has 6 heterocycles. The molecule has 0 saturated heterocycles. The number of nitrogens with one attached hydrogen (secondary N) is 3. The maximum absolute atomic E-state index is 13.5. The molecule has 2 saturated carbocycles. The highest BCUT2D eigenvalue weighted by Crippen LogP contribution is 2.35. The summed E-state index contributed by atoms with van der Waals surface area (Å²) in [5.74, 6) is -2.65. The van der Waals surface area contributed by atoms with Crippen molar-refractivity contribution >= 4 is 29.1 Å². The number of aryl methyl sites for hydroxylation is 6. The van der Waals surface area contributed by atoms with E-state index in [9.17, 15) is 17.6 Å². The fraction of sp³-hybridized carbons (Fsp3) is 0.526. The lowest BCUT2D eigenvalue weighted by atomic mass is 9.92. The van der Waals surface area contributed by atoms with E-state index in [-0.39, 0.29) is 42.9 Å². The molecule has 0 bridgehead atoms. The van der Waals surface area contributed by atoms with Crippen molar-refractivity contribution in [2.24, 2.45) is 19.8 Å². The van der Waals surface area contributed by atoms with Gasteiger partial charge in [0.1, 0.15) is 28.3 Å². The topological polar surface area (TPSA) is 211 Å². The minimum Gasteiger partial charge on any atom is -0.367 e. The summed E-state index contributed by atoms with van der Waals surface area (Å²) in [6, 6.07) is 7.15. The van der Waals surface area contributed by atoms with Crippen molar-refractivity contribution in [2.45, 2.75) is 116 Å². The van der Waals surface area contributed by atoms with Crippen LogP contribution in [0.3, 0.4) is 0 Å². The molecule has 6 aromatic rings. The summed E-state index contributed by atoms with van der Waals surface area (Å²) in [4.78, 5) is 20.7. The average Bonchev–Trinajstić information content (AvgIpc) is 3.99. The molecule has 61 heavy (non-hydrogen) atoms. The summed E-state index contributed by atoms with van der Waals surface area (Å²) in [6.07, 6.45) is 4.51. The highest BCUT2D eigenvalue weighted by Gasteiger charge is 2.36. The Hall–Kier alpha value is -5.77. The molecule has 6 aromatic heterocycles. The smallest absolute Gasteiger partial charge is 0.254 e. The number of halogens is 5. The standard InChI is InChI=1S/C19H25F2N9.C15H18ClF2N5.C4H8N4/c1-12-8-13(2)30(27-12)18-25-16(22-10-15-11-23-29(3)28-15)9-17(26-18)24-14-4-6-19(20,21)7-5-14;1-9-7-10(2)23(22-9)14-20-12(16)8-13(21-14)19-11-3-5-15(17,18)6-4-11;1-8-6-3-4(2-5)7-8/h8-9,11,14H,4-7,10H2,1-3H3,(H2,22,24,25,26);7-8,11H,3-6H2,1-2H3,(H,19,20,21);3H,2,5H2,1H3. The molecule has 0 radical (unpaired) electrons. The van der Waals surface area contributed by atoms with Crippen LogP contribution in [0.2, 0.25) is 5.15 Å². The first-order valence-corrected chi connectivity index (χ1v) is 20.2. The van der Waals surface area contributed by atoms with Gasteiger partial charge in [0, 0.05) is 81.9 Å². The van der Waals surface area contributed by atoms with Crippen LogP contribution in [0.15, 0.2) is 36.7 Å². The number of nitrogens with two attached hydrogens (primary N) is 1. The third kappa shape index (κ3) is 12.9. The van der Waals surface area contributed by atoms with Crippen LogP contribution in [0.25, 0.3) is 11.9 Å². The average molecular weight is 871 g/mol. The molecule has 0 atom stereocenters. The number of hydrogen-bond donors (Lipinski definition) is 4. The van der Waals surface area contributed by atoms with E-state index in [1.54, 1.807) is 48.0 Å². The third-order valence-electron chi connectivity index (χ3n) is 9.89. The largest absolute Gasteiger partial charge is 0.367 e. The summed E-state index contributed by atoms with van der Waals surface area (Å²) in [6.45, 7) is 8.53. The van der Waals surface area contributed by atoms with E-state index in [1.807, 2.05) is 39.8 Å². The molecule has 2 aliphatic rings. The van der Waals surface area contributed by atoms with E-state index < -0.39 is 11.8 Å². The lowest BCUT2D eigenvalue weighted by Gasteiger charge is -2.29. The Labute approximate surface area is 355 Å². The molecule has 2 aliphatic carbocycles. The molecule has 18 nitrogen and oxygen atoms in total. The maximum atomic E-state index is 13.5. The van der Waals surface area contributed by atoms with Crippen molar-refractivity contribution in [3.05, 3.63) is 76.0 Å². The van der Waals surface area contributed by atoms with E-state index in [0.29, 0.717) is 68.1 Å². The van der Waals surface area contributed by atoms with Gasteiger partial charge in [0.25, 0.3) is 11.9 Å². The number of rotatable bonds is 10. The van der Waals surface area contributed by atoms with Gasteiger partial charge in [-0.15, -0.1) is 0 Å². The molecule has 2 fully saturated rings. The van der Waals surface area contributed by atoms with E-state index in [2.05, 4.69) is 66.5 Å². The highest BCUT2D eigenvalue weighted by atomic mass is 35.5. The van der Waals surface area contributed by atoms with Gasteiger partial charge in [-0.05, 0) is 65.5 Å². The molecule has 0 aliphatic heterocycles. The minimum atomic E-state index is -2.57. The summed E-state index contributed by atoms with van der Waals surface area (Å²) in [7, 11) is 3.52. The fourth-order valence-corrected chi connectivity index (χ4v) is 7.03. The molecule has 8 rings (SSSR count). The Bertz CT molecular complexity index is 2350. The zero-order valence-electron chi connectivity index (χ0n) is 34.9. The van der Waals surface area contributed by atoms with E-state index >= 15 is 0 Å². The number of aromatic nitrogens is 14. The van der Waals surface area contributed by atoms with Crippen LogP contribution in [-0.2, 0) is 27.2 Å². The van der Waals surface area contributed by atoms with Crippen molar-refractivity contribution in [1.82, 2.24) is 69.5 Å². The number of anilines is 3. The second kappa shape index (κ2) is 19.3. The zero-order valence-corrected chi connectivity index (χ0v) is 35.7. The van der Waals surface area contributed by atoms with Crippen molar-refractivity contribution in [2.75, 3.05) is 16.0 Å². The fourth-order valence-electron chi connectivity index (χ4n) is 6.85. The Balaban J connectivity index is 0.000000177. The molecular formula is C38H51ClF4N18. The lowest BCUT2D eigenvalue weighted by Crippen LogP contribution is -2.32. The van der Waals surface area contributed by atoms with Crippen molar-refractivity contribution in [3.63, 3.8) is 0 Å². The van der Waals surface area contributed by atoms with Crippen molar-refractivity contribution < 1.29 is 17.6 Å². The van der Waals surface area contributed by atoms with Crippen LogP contribution in [0, 0.1) is 27.7 Å². The van der Waals surface area contributed by atoms with Gasteiger partial charge in [-0.3, -0.25) is 0 Å².